The highest BCUT2D eigenvalue weighted by Gasteiger charge is 2.23. The summed E-state index contributed by atoms with van der Waals surface area (Å²) in [5.41, 5.74) is 2.77. The zero-order valence-corrected chi connectivity index (χ0v) is 8.38. The lowest BCUT2D eigenvalue weighted by atomic mass is 10.1. The molecule has 1 amide bonds. The summed E-state index contributed by atoms with van der Waals surface area (Å²) < 4.78 is 35.1. The average Bonchev–Trinajstić information content (AvgIpc) is 2.16. The summed E-state index contributed by atoms with van der Waals surface area (Å²) >= 11 is 0. The molecule has 0 radical (unpaired) electrons. The van der Waals surface area contributed by atoms with Gasteiger partial charge in [0.1, 0.15) is 6.21 Å². The molecular weight excluding hydrogens is 221 g/mol. The van der Waals surface area contributed by atoms with Gasteiger partial charge in [-0.05, 0) is 18.6 Å². The summed E-state index contributed by atoms with van der Waals surface area (Å²) in [5.74, 6) is -0.668. The number of nitrogens with zero attached hydrogens (tertiary/aromatic N) is 1. The minimum absolute atomic E-state index is 0.275. The van der Waals surface area contributed by atoms with Crippen LogP contribution >= 0.6 is 0 Å². The smallest absolute Gasteiger partial charge is 0.267 e. The second-order valence-corrected chi connectivity index (χ2v) is 3.06. The average molecular weight is 230 g/mol. The molecule has 0 saturated heterocycles. The van der Waals surface area contributed by atoms with E-state index in [9.17, 15) is 18.0 Å². The Balaban J connectivity index is 2.68. The highest BCUT2D eigenvalue weighted by Crippen LogP contribution is 2.10. The van der Waals surface area contributed by atoms with Crippen molar-refractivity contribution in [2.75, 3.05) is 0 Å². The third-order valence-corrected chi connectivity index (χ3v) is 1.77. The number of hydrogen-bond donors (Lipinski definition) is 1. The van der Waals surface area contributed by atoms with Crippen LogP contribution in [-0.2, 0) is 0 Å². The molecule has 1 rings (SSSR count). The van der Waals surface area contributed by atoms with Crippen molar-refractivity contribution in [2.24, 2.45) is 5.10 Å². The van der Waals surface area contributed by atoms with E-state index in [0.717, 1.165) is 0 Å². The standard InChI is InChI=1S/C10H9F3N2O/c1-7-4-2-3-5-8(7)9(16)15-14-6-10(11,12)13/h2-6H,1H3,(H,15,16)/b14-6+. The Kier molecular flexibility index (Phi) is 3.65. The van der Waals surface area contributed by atoms with Crippen molar-refractivity contribution in [3.63, 3.8) is 0 Å². The van der Waals surface area contributed by atoms with Gasteiger partial charge in [0.25, 0.3) is 5.91 Å². The third-order valence-electron chi connectivity index (χ3n) is 1.77. The molecule has 0 spiro atoms. The van der Waals surface area contributed by atoms with Gasteiger partial charge in [0.2, 0.25) is 0 Å². The number of benzene rings is 1. The van der Waals surface area contributed by atoms with Crippen LogP contribution < -0.4 is 5.43 Å². The van der Waals surface area contributed by atoms with Crippen molar-refractivity contribution in [1.82, 2.24) is 5.43 Å². The number of aryl methyl sites for hydroxylation is 1. The van der Waals surface area contributed by atoms with Crippen LogP contribution in [0.1, 0.15) is 15.9 Å². The number of amides is 1. The largest absolute Gasteiger partial charge is 0.428 e. The fourth-order valence-electron chi connectivity index (χ4n) is 1.05. The first kappa shape index (κ1) is 12.2. The molecule has 0 atom stereocenters. The van der Waals surface area contributed by atoms with Crippen LogP contribution in [-0.4, -0.2) is 18.3 Å². The fourth-order valence-corrected chi connectivity index (χ4v) is 1.05. The molecule has 0 aliphatic rings. The van der Waals surface area contributed by atoms with Crippen LogP contribution in [0.4, 0.5) is 13.2 Å². The Morgan fingerprint density at radius 1 is 1.38 bits per heavy atom. The van der Waals surface area contributed by atoms with Crippen molar-refractivity contribution < 1.29 is 18.0 Å². The normalized spacial score (nSPS) is 11.8. The van der Waals surface area contributed by atoms with Gasteiger partial charge in [0.05, 0.1) is 0 Å². The number of alkyl halides is 3. The Hall–Kier alpha value is -1.85. The minimum atomic E-state index is -4.53. The van der Waals surface area contributed by atoms with Crippen molar-refractivity contribution in [2.45, 2.75) is 13.1 Å². The Morgan fingerprint density at radius 2 is 2.00 bits per heavy atom. The van der Waals surface area contributed by atoms with Gasteiger partial charge in [0.15, 0.2) is 0 Å². The van der Waals surface area contributed by atoms with Crippen molar-refractivity contribution in [3.8, 4) is 0 Å². The molecule has 0 aliphatic carbocycles. The lowest BCUT2D eigenvalue weighted by Gasteiger charge is -2.03. The highest BCUT2D eigenvalue weighted by molar-refractivity contribution is 5.95. The predicted molar refractivity (Wildman–Crippen MR) is 53.2 cm³/mol. The Morgan fingerprint density at radius 3 is 2.56 bits per heavy atom. The predicted octanol–water partition coefficient (Wildman–Crippen LogP) is 2.27. The summed E-state index contributed by atoms with van der Waals surface area (Å²) in [6.45, 7) is 1.68. The summed E-state index contributed by atoms with van der Waals surface area (Å²) in [4.78, 5) is 11.4. The molecule has 16 heavy (non-hydrogen) atoms. The van der Waals surface area contributed by atoms with Gasteiger partial charge in [0, 0.05) is 5.56 Å². The molecule has 1 N–H and O–H groups in total. The summed E-state index contributed by atoms with van der Waals surface area (Å²) in [6, 6.07) is 6.54. The highest BCUT2D eigenvalue weighted by atomic mass is 19.4. The monoisotopic (exact) mass is 230 g/mol. The molecule has 0 fully saturated rings. The van der Waals surface area contributed by atoms with E-state index in [-0.39, 0.29) is 6.21 Å². The number of hydrogen-bond acceptors (Lipinski definition) is 2. The van der Waals surface area contributed by atoms with Gasteiger partial charge >= 0.3 is 6.18 Å². The van der Waals surface area contributed by atoms with E-state index in [0.29, 0.717) is 11.1 Å². The molecule has 0 unspecified atom stereocenters. The van der Waals surface area contributed by atoms with Crippen LogP contribution in [0.25, 0.3) is 0 Å². The molecule has 1 aromatic carbocycles. The molecule has 0 heterocycles. The van der Waals surface area contributed by atoms with E-state index < -0.39 is 12.1 Å². The Labute approximate surface area is 90.0 Å². The SMILES string of the molecule is Cc1ccccc1C(=O)N/N=C/C(F)(F)F. The number of hydrazone groups is 1. The molecule has 0 aliphatic heterocycles. The molecular formula is C10H9F3N2O. The van der Waals surface area contributed by atoms with E-state index in [1.54, 1.807) is 30.5 Å². The first-order chi connectivity index (χ1) is 7.40. The lowest BCUT2D eigenvalue weighted by Crippen LogP contribution is -2.21. The van der Waals surface area contributed by atoms with E-state index in [2.05, 4.69) is 5.10 Å². The maximum atomic E-state index is 11.7. The molecule has 0 bridgehead atoms. The lowest BCUT2D eigenvalue weighted by molar-refractivity contribution is -0.0538. The van der Waals surface area contributed by atoms with Crippen LogP contribution in [0, 0.1) is 6.92 Å². The molecule has 86 valence electrons. The second-order valence-electron chi connectivity index (χ2n) is 3.06. The molecule has 3 nitrogen and oxygen atoms in total. The summed E-state index contributed by atoms with van der Waals surface area (Å²) in [5, 5.41) is 2.81. The number of carbonyl (C=O) groups excluding carboxylic acids is 1. The van der Waals surface area contributed by atoms with Crippen molar-refractivity contribution in [3.05, 3.63) is 35.4 Å². The number of carbonyl (C=O) groups is 1. The van der Waals surface area contributed by atoms with E-state index in [1.165, 1.54) is 6.07 Å². The van der Waals surface area contributed by atoms with Gasteiger partial charge in [-0.1, -0.05) is 18.2 Å². The molecule has 6 heteroatoms. The molecule has 0 aromatic heterocycles. The van der Waals surface area contributed by atoms with Gasteiger partial charge < -0.3 is 0 Å². The third kappa shape index (κ3) is 3.72. The van der Waals surface area contributed by atoms with E-state index in [4.69, 9.17) is 0 Å². The topological polar surface area (TPSA) is 41.5 Å². The van der Waals surface area contributed by atoms with E-state index >= 15 is 0 Å². The van der Waals surface area contributed by atoms with Gasteiger partial charge in [-0.3, -0.25) is 4.79 Å². The molecule has 1 aromatic rings. The zero-order valence-electron chi connectivity index (χ0n) is 8.38. The van der Waals surface area contributed by atoms with Crippen LogP contribution in [0.5, 0.6) is 0 Å². The molecule has 0 saturated carbocycles. The number of nitrogens with one attached hydrogen (secondary N) is 1. The zero-order chi connectivity index (χ0) is 12.2. The number of halogens is 3. The second kappa shape index (κ2) is 4.78. The first-order valence-corrected chi connectivity index (χ1v) is 4.37. The van der Waals surface area contributed by atoms with E-state index in [1.807, 2.05) is 0 Å². The van der Waals surface area contributed by atoms with Gasteiger partial charge in [-0.25, -0.2) is 5.43 Å². The quantitative estimate of drug-likeness (QED) is 0.614. The van der Waals surface area contributed by atoms with Crippen molar-refractivity contribution in [1.29, 1.82) is 0 Å². The minimum Gasteiger partial charge on any atom is -0.267 e. The summed E-state index contributed by atoms with van der Waals surface area (Å²) in [7, 11) is 0. The maximum Gasteiger partial charge on any atom is 0.428 e. The maximum absolute atomic E-state index is 11.7. The van der Waals surface area contributed by atoms with Crippen LogP contribution in [0.2, 0.25) is 0 Å². The fraction of sp³-hybridized carbons (Fsp3) is 0.200. The van der Waals surface area contributed by atoms with Gasteiger partial charge in [-0.15, -0.1) is 0 Å². The Bertz CT molecular complexity index is 413. The van der Waals surface area contributed by atoms with Crippen LogP contribution in [0.3, 0.4) is 0 Å². The van der Waals surface area contributed by atoms with Crippen LogP contribution in [0.15, 0.2) is 29.4 Å². The summed E-state index contributed by atoms with van der Waals surface area (Å²) in [6.07, 6.45) is -4.80. The van der Waals surface area contributed by atoms with Gasteiger partial charge in [-0.2, -0.15) is 18.3 Å². The number of rotatable bonds is 2. The van der Waals surface area contributed by atoms with Crippen molar-refractivity contribution >= 4 is 12.1 Å². The first-order valence-electron chi connectivity index (χ1n) is 4.37.